The number of rotatable bonds is 5. The van der Waals surface area contributed by atoms with Crippen LogP contribution in [-0.4, -0.2) is 26.4 Å². The van der Waals surface area contributed by atoms with Crippen LogP contribution in [0.2, 0.25) is 5.02 Å². The molecule has 0 unspecified atom stereocenters. The van der Waals surface area contributed by atoms with E-state index in [4.69, 9.17) is 11.6 Å². The molecule has 0 fully saturated rings. The largest absolute Gasteiger partial charge is 0.324 e. The van der Waals surface area contributed by atoms with Crippen LogP contribution in [0.15, 0.2) is 58.4 Å². The quantitative estimate of drug-likeness (QED) is 0.587. The van der Waals surface area contributed by atoms with Crippen LogP contribution < -0.4 is 5.32 Å². The lowest BCUT2D eigenvalue weighted by Crippen LogP contribution is -2.15. The van der Waals surface area contributed by atoms with Gasteiger partial charge in [-0.05, 0) is 58.7 Å². The van der Waals surface area contributed by atoms with Crippen molar-refractivity contribution in [2.45, 2.75) is 12.1 Å². The molecule has 0 aliphatic heterocycles. The molecule has 25 heavy (non-hydrogen) atoms. The van der Waals surface area contributed by atoms with E-state index in [0.717, 1.165) is 21.4 Å². The van der Waals surface area contributed by atoms with Crippen LogP contribution in [0.1, 0.15) is 5.56 Å². The Kier molecular flexibility index (Phi) is 5.78. The van der Waals surface area contributed by atoms with Gasteiger partial charge in [-0.25, -0.2) is 0 Å². The van der Waals surface area contributed by atoms with Gasteiger partial charge in [0.1, 0.15) is 6.33 Å². The van der Waals surface area contributed by atoms with Gasteiger partial charge in [0.2, 0.25) is 5.91 Å². The zero-order valence-electron chi connectivity index (χ0n) is 13.2. The minimum atomic E-state index is -0.116. The van der Waals surface area contributed by atoms with Crippen LogP contribution in [0.25, 0.3) is 5.69 Å². The summed E-state index contributed by atoms with van der Waals surface area (Å²) in [5, 5.41) is 12.1. The average molecular weight is 438 g/mol. The second-order valence-corrected chi connectivity index (χ2v) is 7.52. The number of aromatic nitrogens is 3. The molecule has 1 N–H and O–H groups in total. The molecule has 0 saturated carbocycles. The fraction of sp³-hybridized carbons (Fsp3) is 0.118. The molecule has 3 aromatic rings. The molecule has 1 amide bonds. The van der Waals surface area contributed by atoms with Crippen LogP contribution in [0.3, 0.4) is 0 Å². The lowest BCUT2D eigenvalue weighted by atomic mass is 10.2. The molecule has 8 heteroatoms. The van der Waals surface area contributed by atoms with E-state index in [2.05, 4.69) is 31.4 Å². The van der Waals surface area contributed by atoms with Gasteiger partial charge >= 0.3 is 0 Å². The number of nitrogens with zero attached hydrogens (tertiary/aromatic N) is 3. The maximum absolute atomic E-state index is 12.2. The van der Waals surface area contributed by atoms with Crippen LogP contribution in [0, 0.1) is 6.92 Å². The first kappa shape index (κ1) is 18.0. The van der Waals surface area contributed by atoms with E-state index >= 15 is 0 Å². The fourth-order valence-corrected chi connectivity index (χ4v) is 3.67. The third-order valence-electron chi connectivity index (χ3n) is 3.33. The van der Waals surface area contributed by atoms with Crippen molar-refractivity contribution in [3.05, 3.63) is 63.9 Å². The van der Waals surface area contributed by atoms with Crippen molar-refractivity contribution < 1.29 is 4.79 Å². The molecule has 0 aliphatic rings. The number of hydrogen-bond acceptors (Lipinski definition) is 4. The van der Waals surface area contributed by atoms with Crippen molar-refractivity contribution in [1.82, 2.24) is 14.8 Å². The van der Waals surface area contributed by atoms with Gasteiger partial charge in [-0.3, -0.25) is 9.36 Å². The third kappa shape index (κ3) is 4.62. The van der Waals surface area contributed by atoms with E-state index in [0.29, 0.717) is 10.2 Å². The SMILES string of the molecule is Cc1ccc(NC(=O)CSc2nncn2-c2cccc(Cl)c2)c(Br)c1. The molecule has 0 atom stereocenters. The van der Waals surface area contributed by atoms with Gasteiger partial charge in [0.05, 0.1) is 17.1 Å². The molecule has 1 heterocycles. The Morgan fingerprint density at radius 2 is 2.16 bits per heavy atom. The summed E-state index contributed by atoms with van der Waals surface area (Å²) in [6.45, 7) is 1.99. The molecule has 1 aromatic heterocycles. The second-order valence-electron chi connectivity index (χ2n) is 5.28. The van der Waals surface area contributed by atoms with E-state index in [-0.39, 0.29) is 11.7 Å². The Morgan fingerprint density at radius 1 is 1.32 bits per heavy atom. The Hall–Kier alpha value is -1.83. The van der Waals surface area contributed by atoms with Gasteiger partial charge in [-0.2, -0.15) is 0 Å². The summed E-state index contributed by atoms with van der Waals surface area (Å²) in [6.07, 6.45) is 1.60. The fourth-order valence-electron chi connectivity index (χ4n) is 2.16. The van der Waals surface area contributed by atoms with Crippen molar-refractivity contribution in [3.8, 4) is 5.69 Å². The molecule has 0 saturated heterocycles. The lowest BCUT2D eigenvalue weighted by Gasteiger charge is -2.09. The first-order valence-corrected chi connectivity index (χ1v) is 9.53. The van der Waals surface area contributed by atoms with Crippen molar-refractivity contribution in [3.63, 3.8) is 0 Å². The number of amides is 1. The Morgan fingerprint density at radius 3 is 2.92 bits per heavy atom. The van der Waals surface area contributed by atoms with E-state index < -0.39 is 0 Å². The van der Waals surface area contributed by atoms with Gasteiger partial charge in [-0.15, -0.1) is 10.2 Å². The van der Waals surface area contributed by atoms with Crippen molar-refractivity contribution in [2.24, 2.45) is 0 Å². The maximum Gasteiger partial charge on any atom is 0.234 e. The lowest BCUT2D eigenvalue weighted by molar-refractivity contribution is -0.113. The summed E-state index contributed by atoms with van der Waals surface area (Å²) >= 11 is 10.8. The first-order chi connectivity index (χ1) is 12.0. The predicted molar refractivity (Wildman–Crippen MR) is 105 cm³/mol. The van der Waals surface area contributed by atoms with Crippen LogP contribution in [-0.2, 0) is 4.79 Å². The summed E-state index contributed by atoms with van der Waals surface area (Å²) in [5.41, 5.74) is 2.71. The van der Waals surface area contributed by atoms with Crippen molar-refractivity contribution >= 4 is 50.9 Å². The van der Waals surface area contributed by atoms with Gasteiger partial charge in [0.25, 0.3) is 0 Å². The molecule has 5 nitrogen and oxygen atoms in total. The van der Waals surface area contributed by atoms with Crippen LogP contribution >= 0.6 is 39.3 Å². The molecule has 128 valence electrons. The zero-order chi connectivity index (χ0) is 17.8. The molecular formula is C17H14BrClN4OS. The molecule has 0 aliphatic carbocycles. The minimum absolute atomic E-state index is 0.116. The maximum atomic E-state index is 12.2. The van der Waals surface area contributed by atoms with Crippen molar-refractivity contribution in [1.29, 1.82) is 0 Å². The predicted octanol–water partition coefficient (Wildman–Crippen LogP) is 4.72. The number of hydrogen-bond donors (Lipinski definition) is 1. The van der Waals surface area contributed by atoms with E-state index in [1.165, 1.54) is 11.8 Å². The Labute approximate surface area is 162 Å². The molecule has 0 spiro atoms. The van der Waals surface area contributed by atoms with E-state index in [1.807, 2.05) is 43.3 Å². The van der Waals surface area contributed by atoms with Gasteiger partial charge in [0, 0.05) is 9.50 Å². The third-order valence-corrected chi connectivity index (χ3v) is 5.17. The highest BCUT2D eigenvalue weighted by Gasteiger charge is 2.11. The monoisotopic (exact) mass is 436 g/mol. The highest BCUT2D eigenvalue weighted by Crippen LogP contribution is 2.25. The highest BCUT2D eigenvalue weighted by atomic mass is 79.9. The Bertz CT molecular complexity index is 915. The second kappa shape index (κ2) is 8.03. The molecule has 2 aromatic carbocycles. The number of carbonyl (C=O) groups excluding carboxylic acids is 1. The molecule has 0 bridgehead atoms. The van der Waals surface area contributed by atoms with Crippen molar-refractivity contribution in [2.75, 3.05) is 11.1 Å². The van der Waals surface area contributed by atoms with E-state index in [9.17, 15) is 4.79 Å². The summed E-state index contributed by atoms with van der Waals surface area (Å²) in [6, 6.07) is 13.2. The summed E-state index contributed by atoms with van der Waals surface area (Å²) < 4.78 is 2.65. The van der Waals surface area contributed by atoms with Crippen LogP contribution in [0.4, 0.5) is 5.69 Å². The number of anilines is 1. The number of carbonyl (C=O) groups is 1. The normalized spacial score (nSPS) is 10.7. The number of aryl methyl sites for hydroxylation is 1. The summed E-state index contributed by atoms with van der Waals surface area (Å²) in [7, 11) is 0. The topological polar surface area (TPSA) is 59.8 Å². The van der Waals surface area contributed by atoms with E-state index in [1.54, 1.807) is 17.0 Å². The number of halogens is 2. The Balaban J connectivity index is 1.66. The first-order valence-electron chi connectivity index (χ1n) is 7.38. The van der Waals surface area contributed by atoms with Gasteiger partial charge in [-0.1, -0.05) is 35.5 Å². The standard InChI is InChI=1S/C17H14BrClN4OS/c1-11-5-6-15(14(18)7-11)21-16(24)9-25-17-22-20-10-23(17)13-4-2-3-12(19)8-13/h2-8,10H,9H2,1H3,(H,21,24). The average Bonchev–Trinajstić information content (AvgIpc) is 3.04. The number of benzene rings is 2. The zero-order valence-corrected chi connectivity index (χ0v) is 16.4. The molecule has 3 rings (SSSR count). The highest BCUT2D eigenvalue weighted by molar-refractivity contribution is 9.10. The minimum Gasteiger partial charge on any atom is -0.324 e. The number of nitrogens with one attached hydrogen (secondary N) is 1. The molecular weight excluding hydrogens is 424 g/mol. The molecule has 0 radical (unpaired) electrons. The summed E-state index contributed by atoms with van der Waals surface area (Å²) in [4.78, 5) is 12.2. The number of thioether (sulfide) groups is 1. The van der Waals surface area contributed by atoms with Gasteiger partial charge < -0.3 is 5.32 Å². The van der Waals surface area contributed by atoms with Crippen LogP contribution in [0.5, 0.6) is 0 Å². The van der Waals surface area contributed by atoms with Gasteiger partial charge in [0.15, 0.2) is 5.16 Å². The summed E-state index contributed by atoms with van der Waals surface area (Å²) in [5.74, 6) is 0.106. The smallest absolute Gasteiger partial charge is 0.234 e.